The molecule has 0 spiro atoms. The van der Waals surface area contributed by atoms with Gasteiger partial charge >= 0.3 is 0 Å². The molecule has 0 fully saturated rings. The summed E-state index contributed by atoms with van der Waals surface area (Å²) in [6, 6.07) is 0. The summed E-state index contributed by atoms with van der Waals surface area (Å²) in [5.41, 5.74) is 0.585. The van der Waals surface area contributed by atoms with Crippen molar-refractivity contribution in [3.05, 3.63) is 26.6 Å². The number of ketones is 1. The Morgan fingerprint density at radius 1 is 1.41 bits per heavy atom. The Kier molecular flexibility index (Phi) is 2.87. The molecule has 0 aliphatic carbocycles. The monoisotopic (exact) mass is 250 g/mol. The van der Waals surface area contributed by atoms with E-state index in [9.17, 15) is 9.59 Å². The molecule has 2 aromatic rings. The molecule has 0 unspecified atom stereocenters. The predicted octanol–water partition coefficient (Wildman–Crippen LogP) is 2.62. The van der Waals surface area contributed by atoms with Gasteiger partial charge in [0, 0.05) is 5.92 Å². The zero-order chi connectivity index (χ0) is 12.7. The van der Waals surface area contributed by atoms with E-state index in [1.165, 1.54) is 18.3 Å². The van der Waals surface area contributed by atoms with Crippen molar-refractivity contribution in [3.8, 4) is 0 Å². The van der Waals surface area contributed by atoms with Crippen LogP contribution in [0.2, 0.25) is 0 Å². The van der Waals surface area contributed by atoms with Crippen LogP contribution in [0.15, 0.2) is 4.79 Å². The van der Waals surface area contributed by atoms with E-state index in [4.69, 9.17) is 0 Å². The van der Waals surface area contributed by atoms with Gasteiger partial charge in [0.2, 0.25) is 0 Å². The van der Waals surface area contributed by atoms with Crippen LogP contribution in [0, 0.1) is 6.92 Å². The van der Waals surface area contributed by atoms with Gasteiger partial charge in [-0.25, -0.2) is 4.98 Å². The van der Waals surface area contributed by atoms with E-state index < -0.39 is 0 Å². The molecule has 2 aromatic heterocycles. The molecule has 90 valence electrons. The topological polar surface area (TPSA) is 62.8 Å². The van der Waals surface area contributed by atoms with Crippen molar-refractivity contribution in [3.63, 3.8) is 0 Å². The van der Waals surface area contributed by atoms with Gasteiger partial charge in [0.15, 0.2) is 5.78 Å². The van der Waals surface area contributed by atoms with Crippen molar-refractivity contribution in [1.82, 2.24) is 9.97 Å². The first-order valence-electron chi connectivity index (χ1n) is 5.46. The number of hydrogen-bond acceptors (Lipinski definition) is 4. The van der Waals surface area contributed by atoms with Gasteiger partial charge < -0.3 is 4.98 Å². The lowest BCUT2D eigenvalue weighted by molar-refractivity contribution is 0.102. The van der Waals surface area contributed by atoms with Crippen LogP contribution in [-0.2, 0) is 0 Å². The van der Waals surface area contributed by atoms with E-state index in [2.05, 4.69) is 9.97 Å². The third-order valence-corrected chi connectivity index (χ3v) is 3.97. The zero-order valence-electron chi connectivity index (χ0n) is 10.2. The molecule has 0 saturated carbocycles. The van der Waals surface area contributed by atoms with Crippen LogP contribution in [0.4, 0.5) is 0 Å². The fraction of sp³-hybridized carbons (Fsp3) is 0.417. The second-order valence-electron chi connectivity index (χ2n) is 4.40. The molecule has 0 aromatic carbocycles. The second-order valence-corrected chi connectivity index (χ2v) is 5.40. The number of rotatable bonds is 2. The fourth-order valence-corrected chi connectivity index (χ4v) is 2.85. The second kappa shape index (κ2) is 4.07. The van der Waals surface area contributed by atoms with Crippen molar-refractivity contribution < 1.29 is 4.79 Å². The SMILES string of the molecule is CC(=O)c1sc2nc(C(C)C)[nH]c(=O)c2c1C. The van der Waals surface area contributed by atoms with Gasteiger partial charge in [-0.15, -0.1) is 11.3 Å². The van der Waals surface area contributed by atoms with Gasteiger partial charge in [-0.3, -0.25) is 9.59 Å². The fourth-order valence-electron chi connectivity index (χ4n) is 1.77. The number of nitrogens with zero attached hydrogens (tertiary/aromatic N) is 1. The minimum atomic E-state index is -0.153. The number of carbonyl (C=O) groups excluding carboxylic acids is 1. The third-order valence-electron chi connectivity index (χ3n) is 2.69. The van der Waals surface area contributed by atoms with Crippen LogP contribution in [0.1, 0.15) is 47.7 Å². The van der Waals surface area contributed by atoms with Crippen molar-refractivity contribution in [2.75, 3.05) is 0 Å². The predicted molar refractivity (Wildman–Crippen MR) is 69.1 cm³/mol. The van der Waals surface area contributed by atoms with Gasteiger partial charge in [-0.2, -0.15) is 0 Å². The van der Waals surface area contributed by atoms with E-state index in [1.54, 1.807) is 6.92 Å². The zero-order valence-corrected chi connectivity index (χ0v) is 11.1. The summed E-state index contributed by atoms with van der Waals surface area (Å²) in [5.74, 6) is 0.810. The van der Waals surface area contributed by atoms with Crippen LogP contribution >= 0.6 is 11.3 Å². The summed E-state index contributed by atoms with van der Waals surface area (Å²) < 4.78 is 0. The highest BCUT2D eigenvalue weighted by atomic mass is 32.1. The van der Waals surface area contributed by atoms with Gasteiger partial charge in [-0.05, 0) is 19.4 Å². The first kappa shape index (κ1) is 12.0. The number of thiophene rings is 1. The Hall–Kier alpha value is -1.49. The van der Waals surface area contributed by atoms with Crippen molar-refractivity contribution in [1.29, 1.82) is 0 Å². The summed E-state index contributed by atoms with van der Waals surface area (Å²) in [6.07, 6.45) is 0. The van der Waals surface area contributed by atoms with Crippen molar-refractivity contribution in [2.45, 2.75) is 33.6 Å². The molecule has 0 aliphatic heterocycles. The largest absolute Gasteiger partial charge is 0.310 e. The lowest BCUT2D eigenvalue weighted by Crippen LogP contribution is -2.12. The number of Topliss-reactive ketones (excluding diaryl/α,β-unsaturated/α-hetero) is 1. The first-order valence-corrected chi connectivity index (χ1v) is 6.27. The molecule has 0 bridgehead atoms. The summed E-state index contributed by atoms with van der Waals surface area (Å²) >= 11 is 1.30. The van der Waals surface area contributed by atoms with Crippen molar-refractivity contribution >= 4 is 27.3 Å². The maximum absolute atomic E-state index is 12.0. The van der Waals surface area contributed by atoms with Crippen LogP contribution in [0.5, 0.6) is 0 Å². The molecule has 1 N–H and O–H groups in total. The Labute approximate surface area is 103 Å². The average molecular weight is 250 g/mol. The van der Waals surface area contributed by atoms with Crippen LogP contribution in [0.3, 0.4) is 0 Å². The maximum Gasteiger partial charge on any atom is 0.259 e. The molecule has 0 atom stereocenters. The molecular weight excluding hydrogens is 236 g/mol. The Morgan fingerprint density at radius 3 is 2.59 bits per heavy atom. The van der Waals surface area contributed by atoms with E-state index >= 15 is 0 Å². The van der Waals surface area contributed by atoms with E-state index in [0.717, 1.165) is 5.56 Å². The summed E-state index contributed by atoms with van der Waals surface area (Å²) in [4.78, 5) is 31.9. The number of nitrogens with one attached hydrogen (secondary N) is 1. The Balaban J connectivity index is 2.83. The Bertz CT molecular complexity index is 652. The smallest absolute Gasteiger partial charge is 0.259 e. The van der Waals surface area contributed by atoms with Gasteiger partial charge in [0.1, 0.15) is 10.7 Å². The van der Waals surface area contributed by atoms with E-state index in [0.29, 0.717) is 20.9 Å². The summed E-state index contributed by atoms with van der Waals surface area (Å²) in [5, 5.41) is 0.546. The average Bonchev–Trinajstić information content (AvgIpc) is 2.56. The number of H-pyrrole nitrogens is 1. The molecule has 0 amide bonds. The van der Waals surface area contributed by atoms with E-state index in [1.807, 2.05) is 13.8 Å². The number of aromatic nitrogens is 2. The molecule has 17 heavy (non-hydrogen) atoms. The highest BCUT2D eigenvalue weighted by Crippen LogP contribution is 2.27. The van der Waals surface area contributed by atoms with Crippen molar-refractivity contribution in [2.24, 2.45) is 0 Å². The molecule has 5 heteroatoms. The van der Waals surface area contributed by atoms with E-state index in [-0.39, 0.29) is 17.3 Å². The standard InChI is InChI=1S/C12H14N2O2S/c1-5(2)10-13-11(16)8-6(3)9(7(4)15)17-12(8)14-10/h5H,1-4H3,(H,13,14,16). The van der Waals surface area contributed by atoms with Gasteiger partial charge in [0.25, 0.3) is 5.56 Å². The highest BCUT2D eigenvalue weighted by Gasteiger charge is 2.17. The number of hydrogen-bond donors (Lipinski definition) is 1. The maximum atomic E-state index is 12.0. The van der Waals surface area contributed by atoms with Gasteiger partial charge in [0.05, 0.1) is 10.3 Å². The summed E-state index contributed by atoms with van der Waals surface area (Å²) in [7, 11) is 0. The quantitative estimate of drug-likeness (QED) is 0.833. The molecule has 2 rings (SSSR count). The number of fused-ring (bicyclic) bond motifs is 1. The first-order chi connectivity index (χ1) is 7.91. The number of aromatic amines is 1. The lowest BCUT2D eigenvalue weighted by Gasteiger charge is -2.02. The minimum Gasteiger partial charge on any atom is -0.310 e. The lowest BCUT2D eigenvalue weighted by atomic mass is 10.1. The third kappa shape index (κ3) is 1.91. The van der Waals surface area contributed by atoms with Gasteiger partial charge in [-0.1, -0.05) is 13.8 Å². The Morgan fingerprint density at radius 2 is 2.06 bits per heavy atom. The van der Waals surface area contributed by atoms with Crippen LogP contribution in [0.25, 0.3) is 10.2 Å². The molecule has 4 nitrogen and oxygen atoms in total. The van der Waals surface area contributed by atoms with Crippen LogP contribution in [-0.4, -0.2) is 15.8 Å². The molecule has 0 radical (unpaired) electrons. The number of carbonyl (C=O) groups is 1. The molecule has 0 aliphatic rings. The summed E-state index contributed by atoms with van der Waals surface area (Å²) in [6.45, 7) is 7.24. The van der Waals surface area contributed by atoms with Crippen LogP contribution < -0.4 is 5.56 Å². The molecule has 2 heterocycles. The molecule has 0 saturated heterocycles. The normalized spacial score (nSPS) is 11.4. The minimum absolute atomic E-state index is 0.0176. The molecular formula is C12H14N2O2S. The number of aryl methyl sites for hydroxylation is 1. The highest BCUT2D eigenvalue weighted by molar-refractivity contribution is 7.20.